The fourth-order valence-electron chi connectivity index (χ4n) is 2.53. The van der Waals surface area contributed by atoms with Crippen molar-refractivity contribution in [1.29, 1.82) is 0 Å². The first-order valence-electron chi connectivity index (χ1n) is 5.52. The fraction of sp³-hybridized carbons (Fsp3) is 0.500. The molecule has 0 N–H and O–H groups in total. The van der Waals surface area contributed by atoms with Crippen LogP contribution in [0.2, 0.25) is 0 Å². The minimum atomic E-state index is -3.06. The van der Waals surface area contributed by atoms with E-state index in [0.29, 0.717) is 12.5 Å². The number of hydrogen-bond acceptors (Lipinski definition) is 2. The Morgan fingerprint density at radius 1 is 1.25 bits per heavy atom. The second-order valence-corrected chi connectivity index (χ2v) is 6.36. The van der Waals surface area contributed by atoms with E-state index in [1.807, 2.05) is 25.1 Å². The van der Waals surface area contributed by atoms with Crippen molar-refractivity contribution < 1.29 is 8.42 Å². The molecule has 2 rings (SSSR count). The monoisotopic (exact) mass is 239 g/mol. The average molecular weight is 239 g/mol. The van der Waals surface area contributed by atoms with Gasteiger partial charge >= 0.3 is 0 Å². The molecule has 0 bridgehead atoms. The Hall–Kier alpha value is -0.870. The van der Waals surface area contributed by atoms with Gasteiger partial charge in [-0.25, -0.2) is 8.42 Å². The highest BCUT2D eigenvalue weighted by Gasteiger charge is 2.36. The molecule has 1 fully saturated rings. The van der Waals surface area contributed by atoms with E-state index < -0.39 is 10.0 Å². The van der Waals surface area contributed by atoms with E-state index in [0.717, 1.165) is 6.42 Å². The van der Waals surface area contributed by atoms with Crippen molar-refractivity contribution in [2.75, 3.05) is 12.8 Å². The molecule has 16 heavy (non-hydrogen) atoms. The van der Waals surface area contributed by atoms with Crippen LogP contribution in [-0.2, 0) is 10.0 Å². The second kappa shape index (κ2) is 4.18. The van der Waals surface area contributed by atoms with Gasteiger partial charge in [0.1, 0.15) is 0 Å². The first-order chi connectivity index (χ1) is 7.50. The van der Waals surface area contributed by atoms with Crippen LogP contribution in [0.25, 0.3) is 0 Å². The van der Waals surface area contributed by atoms with E-state index in [9.17, 15) is 8.42 Å². The van der Waals surface area contributed by atoms with Gasteiger partial charge in [0.15, 0.2) is 0 Å². The molecular formula is C12H17NO2S. The molecule has 0 aliphatic carbocycles. The largest absolute Gasteiger partial charge is 0.212 e. The first kappa shape index (κ1) is 11.6. The standard InChI is InChI=1S/C12H17NO2S/c1-10-12(11-6-4-3-5-7-11)8-9-13(10)16(2,14)15/h3-7,10,12H,8-9H2,1-2H3. The summed E-state index contributed by atoms with van der Waals surface area (Å²) in [7, 11) is -3.06. The van der Waals surface area contributed by atoms with Crippen molar-refractivity contribution in [1.82, 2.24) is 4.31 Å². The molecule has 1 heterocycles. The molecule has 1 saturated heterocycles. The summed E-state index contributed by atoms with van der Waals surface area (Å²) >= 11 is 0. The lowest BCUT2D eigenvalue weighted by Crippen LogP contribution is -2.34. The Kier molecular flexibility index (Phi) is 3.04. The molecule has 1 aromatic rings. The Morgan fingerprint density at radius 2 is 1.88 bits per heavy atom. The molecule has 1 aliphatic rings. The molecule has 0 amide bonds. The van der Waals surface area contributed by atoms with Crippen molar-refractivity contribution >= 4 is 10.0 Å². The molecule has 3 nitrogen and oxygen atoms in total. The highest BCUT2D eigenvalue weighted by atomic mass is 32.2. The number of sulfonamides is 1. The molecule has 0 spiro atoms. The van der Waals surface area contributed by atoms with Crippen LogP contribution in [0.3, 0.4) is 0 Å². The SMILES string of the molecule is CC1C(c2ccccc2)CCN1S(C)(=O)=O. The summed E-state index contributed by atoms with van der Waals surface area (Å²) in [5.74, 6) is 0.330. The summed E-state index contributed by atoms with van der Waals surface area (Å²) in [6.07, 6.45) is 2.20. The van der Waals surface area contributed by atoms with Crippen LogP contribution in [0, 0.1) is 0 Å². The molecule has 2 unspecified atom stereocenters. The van der Waals surface area contributed by atoms with E-state index in [2.05, 4.69) is 12.1 Å². The Balaban J connectivity index is 2.23. The maximum absolute atomic E-state index is 11.5. The van der Waals surface area contributed by atoms with E-state index in [1.165, 1.54) is 11.8 Å². The zero-order valence-electron chi connectivity index (χ0n) is 9.63. The first-order valence-corrected chi connectivity index (χ1v) is 7.37. The zero-order chi connectivity index (χ0) is 11.8. The van der Waals surface area contributed by atoms with Gasteiger partial charge < -0.3 is 0 Å². The predicted molar refractivity (Wildman–Crippen MR) is 64.8 cm³/mol. The molecule has 88 valence electrons. The fourth-order valence-corrected chi connectivity index (χ4v) is 3.71. The summed E-state index contributed by atoms with van der Waals surface area (Å²) in [4.78, 5) is 0. The van der Waals surface area contributed by atoms with Crippen LogP contribution < -0.4 is 0 Å². The van der Waals surface area contributed by atoms with Crippen LogP contribution in [0.1, 0.15) is 24.8 Å². The summed E-state index contributed by atoms with van der Waals surface area (Å²) in [6.45, 7) is 2.63. The third-order valence-corrected chi connectivity index (χ3v) is 4.72. The Labute approximate surface area is 97.1 Å². The number of hydrogen-bond donors (Lipinski definition) is 0. The Morgan fingerprint density at radius 3 is 2.38 bits per heavy atom. The minimum Gasteiger partial charge on any atom is -0.212 e. The van der Waals surface area contributed by atoms with Gasteiger partial charge in [-0.2, -0.15) is 4.31 Å². The van der Waals surface area contributed by atoms with Crippen LogP contribution >= 0.6 is 0 Å². The minimum absolute atomic E-state index is 0.0670. The van der Waals surface area contributed by atoms with Crippen LogP contribution in [0.5, 0.6) is 0 Å². The van der Waals surface area contributed by atoms with Crippen LogP contribution in [0.15, 0.2) is 30.3 Å². The van der Waals surface area contributed by atoms with Gasteiger partial charge in [-0.05, 0) is 18.9 Å². The third kappa shape index (κ3) is 2.13. The lowest BCUT2D eigenvalue weighted by molar-refractivity contribution is 0.397. The van der Waals surface area contributed by atoms with Gasteiger partial charge in [-0.3, -0.25) is 0 Å². The molecule has 0 radical (unpaired) electrons. The molecule has 0 saturated carbocycles. The van der Waals surface area contributed by atoms with Crippen molar-refractivity contribution in [3.05, 3.63) is 35.9 Å². The van der Waals surface area contributed by atoms with Gasteiger partial charge in [-0.1, -0.05) is 30.3 Å². The molecule has 4 heteroatoms. The maximum atomic E-state index is 11.5. The van der Waals surface area contributed by atoms with Gasteiger partial charge in [0.25, 0.3) is 0 Å². The summed E-state index contributed by atoms with van der Waals surface area (Å²) < 4.78 is 24.7. The molecule has 1 aliphatic heterocycles. The Bertz CT molecular complexity index is 455. The smallest absolute Gasteiger partial charge is 0.211 e. The van der Waals surface area contributed by atoms with Crippen molar-refractivity contribution in [3.63, 3.8) is 0 Å². The van der Waals surface area contributed by atoms with Gasteiger partial charge in [-0.15, -0.1) is 0 Å². The van der Waals surface area contributed by atoms with Crippen LogP contribution in [0.4, 0.5) is 0 Å². The van der Waals surface area contributed by atoms with Gasteiger partial charge in [0.05, 0.1) is 6.26 Å². The number of nitrogens with zero attached hydrogens (tertiary/aromatic N) is 1. The van der Waals surface area contributed by atoms with E-state index in [1.54, 1.807) is 4.31 Å². The maximum Gasteiger partial charge on any atom is 0.211 e. The summed E-state index contributed by atoms with van der Waals surface area (Å²) in [5.41, 5.74) is 1.24. The van der Waals surface area contributed by atoms with Gasteiger partial charge in [0, 0.05) is 18.5 Å². The highest BCUT2D eigenvalue weighted by molar-refractivity contribution is 7.88. The lowest BCUT2D eigenvalue weighted by atomic mass is 9.93. The lowest BCUT2D eigenvalue weighted by Gasteiger charge is -2.22. The van der Waals surface area contributed by atoms with Crippen LogP contribution in [-0.4, -0.2) is 31.6 Å². The van der Waals surface area contributed by atoms with E-state index in [-0.39, 0.29) is 6.04 Å². The predicted octanol–water partition coefficient (Wildman–Crippen LogP) is 1.82. The quantitative estimate of drug-likeness (QED) is 0.789. The zero-order valence-corrected chi connectivity index (χ0v) is 10.4. The molecular weight excluding hydrogens is 222 g/mol. The third-order valence-electron chi connectivity index (χ3n) is 3.35. The van der Waals surface area contributed by atoms with E-state index in [4.69, 9.17) is 0 Å². The normalized spacial score (nSPS) is 27.1. The topological polar surface area (TPSA) is 37.4 Å². The van der Waals surface area contributed by atoms with Gasteiger partial charge in [0.2, 0.25) is 10.0 Å². The van der Waals surface area contributed by atoms with E-state index >= 15 is 0 Å². The molecule has 0 aromatic heterocycles. The summed E-state index contributed by atoms with van der Waals surface area (Å²) in [6, 6.07) is 10.2. The summed E-state index contributed by atoms with van der Waals surface area (Å²) in [5, 5.41) is 0. The molecule has 2 atom stereocenters. The van der Waals surface area contributed by atoms with Crippen molar-refractivity contribution in [2.24, 2.45) is 0 Å². The van der Waals surface area contributed by atoms with Crippen molar-refractivity contribution in [3.8, 4) is 0 Å². The average Bonchev–Trinajstić information content (AvgIpc) is 2.61. The van der Waals surface area contributed by atoms with Crippen molar-refractivity contribution in [2.45, 2.75) is 25.3 Å². The number of benzene rings is 1. The number of rotatable bonds is 2. The second-order valence-electron chi connectivity index (χ2n) is 4.42. The molecule has 1 aromatic carbocycles. The highest BCUT2D eigenvalue weighted by Crippen LogP contribution is 2.34.